The molecule has 1 aromatic heterocycles. The molecule has 0 radical (unpaired) electrons. The van der Waals surface area contributed by atoms with Gasteiger partial charge in [-0.15, -0.1) is 24.8 Å². The van der Waals surface area contributed by atoms with Gasteiger partial charge in [0.15, 0.2) is 0 Å². The molecule has 0 spiro atoms. The number of carbonyl (C=O) groups is 1. The normalized spacial score (nSPS) is 22.8. The fourth-order valence-electron chi connectivity index (χ4n) is 4.28. The molecule has 2 fully saturated rings. The van der Waals surface area contributed by atoms with E-state index in [-0.39, 0.29) is 48.5 Å². The van der Waals surface area contributed by atoms with Crippen molar-refractivity contribution in [2.75, 3.05) is 26.7 Å². The number of amides is 1. The highest BCUT2D eigenvalue weighted by atomic mass is 35.5. The first kappa shape index (κ1) is 22.4. The van der Waals surface area contributed by atoms with Gasteiger partial charge in [-0.1, -0.05) is 12.1 Å². The molecule has 0 bridgehead atoms. The zero-order chi connectivity index (χ0) is 18.3. The Labute approximate surface area is 176 Å². The molecule has 2 aliphatic heterocycles. The fraction of sp³-hybridized carbons (Fsp3) is 0.400. The summed E-state index contributed by atoms with van der Waals surface area (Å²) in [6.45, 7) is 4.22. The standard InChI is InChI=1S/C20H22FN3O2.2ClH/c1-12-6-16(18(26-2)10-23-12)20(25)24-11-14-8-22-9-17(14)19(24)13-4-3-5-15(21)7-13;;/h3-7,10,14,17,19,22H,8-9,11H2,1-2H3;2*1H/t14-,17-,19+;;/m0../s1. The van der Waals surface area contributed by atoms with Crippen LogP contribution >= 0.6 is 24.8 Å². The predicted molar refractivity (Wildman–Crippen MR) is 110 cm³/mol. The van der Waals surface area contributed by atoms with Crippen molar-refractivity contribution in [3.8, 4) is 5.75 Å². The molecule has 1 amide bonds. The number of carbonyl (C=O) groups excluding carboxylic acids is 1. The topological polar surface area (TPSA) is 54.5 Å². The third-order valence-electron chi connectivity index (χ3n) is 5.47. The maximum atomic E-state index is 13.8. The summed E-state index contributed by atoms with van der Waals surface area (Å²) in [5.41, 5.74) is 2.12. The van der Waals surface area contributed by atoms with E-state index < -0.39 is 0 Å². The van der Waals surface area contributed by atoms with Crippen LogP contribution in [-0.2, 0) is 0 Å². The van der Waals surface area contributed by atoms with Gasteiger partial charge in [0, 0.05) is 31.2 Å². The van der Waals surface area contributed by atoms with Gasteiger partial charge in [-0.3, -0.25) is 9.78 Å². The largest absolute Gasteiger partial charge is 0.494 e. The van der Waals surface area contributed by atoms with Gasteiger partial charge in [0.2, 0.25) is 0 Å². The Morgan fingerprint density at radius 2 is 2.07 bits per heavy atom. The van der Waals surface area contributed by atoms with Crippen LogP contribution < -0.4 is 10.1 Å². The van der Waals surface area contributed by atoms with Gasteiger partial charge in [-0.25, -0.2) is 4.39 Å². The van der Waals surface area contributed by atoms with Crippen molar-refractivity contribution in [2.24, 2.45) is 11.8 Å². The molecule has 3 atom stereocenters. The molecule has 4 rings (SSSR count). The van der Waals surface area contributed by atoms with Crippen LogP contribution in [-0.4, -0.2) is 42.5 Å². The first-order chi connectivity index (χ1) is 12.6. The van der Waals surface area contributed by atoms with Crippen molar-refractivity contribution in [2.45, 2.75) is 13.0 Å². The second-order valence-corrected chi connectivity index (χ2v) is 7.07. The number of hydrogen-bond acceptors (Lipinski definition) is 4. The highest BCUT2D eigenvalue weighted by molar-refractivity contribution is 5.97. The molecule has 28 heavy (non-hydrogen) atoms. The molecule has 2 saturated heterocycles. The molecule has 2 aromatic rings. The second kappa shape index (κ2) is 9.07. The summed E-state index contributed by atoms with van der Waals surface area (Å²) < 4.78 is 19.2. The van der Waals surface area contributed by atoms with Gasteiger partial charge in [0.05, 0.1) is 24.9 Å². The van der Waals surface area contributed by atoms with Crippen LogP contribution in [0.3, 0.4) is 0 Å². The number of nitrogens with one attached hydrogen (secondary N) is 1. The summed E-state index contributed by atoms with van der Waals surface area (Å²) in [4.78, 5) is 19.5. The maximum Gasteiger partial charge on any atom is 0.258 e. The smallest absolute Gasteiger partial charge is 0.258 e. The van der Waals surface area contributed by atoms with E-state index in [0.717, 1.165) is 24.3 Å². The van der Waals surface area contributed by atoms with E-state index in [0.29, 0.717) is 23.8 Å². The van der Waals surface area contributed by atoms with E-state index in [1.54, 1.807) is 24.4 Å². The minimum absolute atomic E-state index is 0. The molecule has 0 saturated carbocycles. The number of pyridine rings is 1. The average molecular weight is 428 g/mol. The number of rotatable bonds is 3. The Bertz CT molecular complexity index is 852. The van der Waals surface area contributed by atoms with E-state index in [1.807, 2.05) is 17.9 Å². The van der Waals surface area contributed by atoms with E-state index in [1.165, 1.54) is 13.2 Å². The van der Waals surface area contributed by atoms with Crippen LogP contribution in [0.5, 0.6) is 5.75 Å². The van der Waals surface area contributed by atoms with Gasteiger partial charge in [0.25, 0.3) is 5.91 Å². The molecule has 8 heteroatoms. The SMILES string of the molecule is COc1cnc(C)cc1C(=O)N1C[C@@H]2CNC[C@@H]2[C@H]1c1cccc(F)c1.Cl.Cl. The quantitative estimate of drug-likeness (QED) is 0.814. The highest BCUT2D eigenvalue weighted by Crippen LogP contribution is 2.43. The molecule has 2 aliphatic rings. The lowest BCUT2D eigenvalue weighted by Gasteiger charge is -2.29. The molecule has 1 aromatic carbocycles. The van der Waals surface area contributed by atoms with Crippen molar-refractivity contribution in [1.82, 2.24) is 15.2 Å². The average Bonchev–Trinajstić information content (AvgIpc) is 3.21. The van der Waals surface area contributed by atoms with Crippen molar-refractivity contribution >= 4 is 30.7 Å². The third-order valence-corrected chi connectivity index (χ3v) is 5.47. The summed E-state index contributed by atoms with van der Waals surface area (Å²) in [6, 6.07) is 8.21. The van der Waals surface area contributed by atoms with Crippen LogP contribution in [0.2, 0.25) is 0 Å². The Balaban J connectivity index is 0.00000140. The van der Waals surface area contributed by atoms with Gasteiger partial charge >= 0.3 is 0 Å². The van der Waals surface area contributed by atoms with E-state index >= 15 is 0 Å². The number of hydrogen-bond donors (Lipinski definition) is 1. The molecule has 0 aliphatic carbocycles. The van der Waals surface area contributed by atoms with Crippen LogP contribution in [0.15, 0.2) is 36.5 Å². The minimum atomic E-state index is -0.276. The fourth-order valence-corrected chi connectivity index (χ4v) is 4.28. The van der Waals surface area contributed by atoms with E-state index in [4.69, 9.17) is 4.74 Å². The summed E-state index contributed by atoms with van der Waals surface area (Å²) in [6.07, 6.45) is 1.58. The van der Waals surface area contributed by atoms with Crippen LogP contribution in [0.1, 0.15) is 27.7 Å². The minimum Gasteiger partial charge on any atom is -0.494 e. The molecule has 3 heterocycles. The summed E-state index contributed by atoms with van der Waals surface area (Å²) in [7, 11) is 1.54. The molecule has 5 nitrogen and oxygen atoms in total. The monoisotopic (exact) mass is 427 g/mol. The number of benzene rings is 1. The summed E-state index contributed by atoms with van der Waals surface area (Å²) >= 11 is 0. The zero-order valence-electron chi connectivity index (χ0n) is 15.7. The van der Waals surface area contributed by atoms with Crippen molar-refractivity contribution in [3.63, 3.8) is 0 Å². The molecule has 0 unspecified atom stereocenters. The van der Waals surface area contributed by atoms with E-state index in [9.17, 15) is 9.18 Å². The Hall–Kier alpha value is -1.89. The van der Waals surface area contributed by atoms with Gasteiger partial charge < -0.3 is 15.0 Å². The number of halogens is 3. The number of likely N-dealkylation sites (tertiary alicyclic amines) is 1. The van der Waals surface area contributed by atoms with Crippen molar-refractivity contribution in [1.29, 1.82) is 0 Å². The molecular weight excluding hydrogens is 404 g/mol. The first-order valence-corrected chi connectivity index (χ1v) is 8.86. The number of aryl methyl sites for hydroxylation is 1. The second-order valence-electron chi connectivity index (χ2n) is 7.07. The lowest BCUT2D eigenvalue weighted by atomic mass is 9.89. The molecule has 152 valence electrons. The van der Waals surface area contributed by atoms with Crippen LogP contribution in [0, 0.1) is 24.6 Å². The Kier molecular flexibility index (Phi) is 7.26. The van der Waals surface area contributed by atoms with E-state index in [2.05, 4.69) is 10.3 Å². The van der Waals surface area contributed by atoms with Gasteiger partial charge in [-0.2, -0.15) is 0 Å². The lowest BCUT2D eigenvalue weighted by Crippen LogP contribution is -2.35. The lowest BCUT2D eigenvalue weighted by molar-refractivity contribution is 0.0710. The molecule has 1 N–H and O–H groups in total. The summed E-state index contributed by atoms with van der Waals surface area (Å²) in [5.74, 6) is 0.766. The molecular formula is C20H24Cl2FN3O2. The Morgan fingerprint density at radius 3 is 2.79 bits per heavy atom. The van der Waals surface area contributed by atoms with Gasteiger partial charge in [0.1, 0.15) is 11.6 Å². The zero-order valence-corrected chi connectivity index (χ0v) is 17.4. The number of nitrogens with zero attached hydrogens (tertiary/aromatic N) is 2. The highest BCUT2D eigenvalue weighted by Gasteiger charge is 2.47. The Morgan fingerprint density at radius 1 is 1.29 bits per heavy atom. The van der Waals surface area contributed by atoms with Crippen molar-refractivity contribution < 1.29 is 13.9 Å². The van der Waals surface area contributed by atoms with Crippen molar-refractivity contribution in [3.05, 3.63) is 59.2 Å². The predicted octanol–water partition coefficient (Wildman–Crippen LogP) is 3.41. The number of aromatic nitrogens is 1. The number of fused-ring (bicyclic) bond motifs is 1. The first-order valence-electron chi connectivity index (χ1n) is 8.86. The van der Waals surface area contributed by atoms with Gasteiger partial charge in [-0.05, 0) is 36.6 Å². The van der Waals surface area contributed by atoms with Crippen LogP contribution in [0.4, 0.5) is 4.39 Å². The van der Waals surface area contributed by atoms with Crippen LogP contribution in [0.25, 0.3) is 0 Å². The third kappa shape index (κ3) is 3.95. The number of methoxy groups -OCH3 is 1. The maximum absolute atomic E-state index is 13.8. The number of ether oxygens (including phenoxy) is 1. The summed E-state index contributed by atoms with van der Waals surface area (Å²) in [5, 5.41) is 3.40.